The summed E-state index contributed by atoms with van der Waals surface area (Å²) in [5.41, 5.74) is 13.4. The van der Waals surface area contributed by atoms with Crippen molar-refractivity contribution in [3.8, 4) is 56.7 Å². The molecule has 0 aliphatic rings. The van der Waals surface area contributed by atoms with Crippen LogP contribution in [0.15, 0.2) is 217 Å². The molecule has 0 aliphatic heterocycles. The van der Waals surface area contributed by atoms with Gasteiger partial charge in [-0.15, -0.1) is 0 Å². The minimum atomic E-state index is 0.536. The van der Waals surface area contributed by atoms with Crippen molar-refractivity contribution in [2.45, 2.75) is 0 Å². The largest absolute Gasteiger partial charge is 0.456 e. The van der Waals surface area contributed by atoms with Crippen molar-refractivity contribution in [2.75, 3.05) is 0 Å². The first-order valence-electron chi connectivity index (χ1n) is 21.2. The SMILES string of the molecule is c1ccc(-c2cc(-c3ccccc3)cc(-n3c4ccccc4c4ccc5c(c6ccccc6n5-c5nc(-c6ccccc6)nc(-c6ccc7c(c6)oc6ccccc67)n5)c43)c2)cc1. The van der Waals surface area contributed by atoms with Crippen LogP contribution in [0.5, 0.6) is 0 Å². The van der Waals surface area contributed by atoms with Crippen LogP contribution in [0, 0.1) is 0 Å². The monoisotopic (exact) mass is 805 g/mol. The Morgan fingerprint density at radius 3 is 1.56 bits per heavy atom. The summed E-state index contributed by atoms with van der Waals surface area (Å²) in [6.45, 7) is 0. The number of nitrogens with zero attached hydrogens (tertiary/aromatic N) is 5. The van der Waals surface area contributed by atoms with Crippen molar-refractivity contribution < 1.29 is 4.42 Å². The summed E-state index contributed by atoms with van der Waals surface area (Å²) in [7, 11) is 0. The second kappa shape index (κ2) is 14.0. The Balaban J connectivity index is 1.11. The first kappa shape index (κ1) is 35.2. The number of hydrogen-bond donors (Lipinski definition) is 0. The van der Waals surface area contributed by atoms with Crippen LogP contribution < -0.4 is 0 Å². The average molecular weight is 806 g/mol. The third-order valence-corrected chi connectivity index (χ3v) is 12.4. The summed E-state index contributed by atoms with van der Waals surface area (Å²) >= 11 is 0. The molecule has 6 heteroatoms. The smallest absolute Gasteiger partial charge is 0.238 e. The number of para-hydroxylation sites is 3. The summed E-state index contributed by atoms with van der Waals surface area (Å²) in [6, 6.07) is 74.7. The predicted molar refractivity (Wildman–Crippen MR) is 258 cm³/mol. The molecule has 0 amide bonds. The summed E-state index contributed by atoms with van der Waals surface area (Å²) in [5, 5.41) is 6.73. The van der Waals surface area contributed by atoms with Gasteiger partial charge in [0, 0.05) is 49.1 Å². The number of fused-ring (bicyclic) bond motifs is 10. The molecule has 4 heterocycles. The van der Waals surface area contributed by atoms with Crippen LogP contribution in [-0.2, 0) is 0 Å². The second-order valence-corrected chi connectivity index (χ2v) is 16.0. The summed E-state index contributed by atoms with van der Waals surface area (Å²) < 4.78 is 11.0. The zero-order valence-electron chi connectivity index (χ0n) is 33.9. The van der Waals surface area contributed by atoms with Crippen molar-refractivity contribution in [1.29, 1.82) is 0 Å². The highest BCUT2D eigenvalue weighted by Gasteiger charge is 2.24. The lowest BCUT2D eigenvalue weighted by atomic mass is 9.98. The van der Waals surface area contributed by atoms with Crippen molar-refractivity contribution in [2.24, 2.45) is 0 Å². The lowest BCUT2D eigenvalue weighted by Crippen LogP contribution is -2.06. The molecule has 0 atom stereocenters. The Kier molecular flexibility index (Phi) is 7.80. The van der Waals surface area contributed by atoms with E-state index in [0.29, 0.717) is 17.6 Å². The van der Waals surface area contributed by atoms with Gasteiger partial charge in [-0.25, -0.2) is 4.98 Å². The van der Waals surface area contributed by atoms with E-state index in [-0.39, 0.29) is 0 Å². The Labute approximate surface area is 361 Å². The van der Waals surface area contributed by atoms with Crippen LogP contribution in [-0.4, -0.2) is 24.1 Å². The van der Waals surface area contributed by atoms with E-state index in [9.17, 15) is 0 Å². The number of aromatic nitrogens is 5. The number of rotatable bonds is 6. The van der Waals surface area contributed by atoms with Crippen LogP contribution >= 0.6 is 0 Å². The molecular weight excluding hydrogens is 771 g/mol. The minimum Gasteiger partial charge on any atom is -0.456 e. The molecule has 63 heavy (non-hydrogen) atoms. The molecule has 294 valence electrons. The van der Waals surface area contributed by atoms with Crippen LogP contribution in [0.25, 0.3) is 122 Å². The van der Waals surface area contributed by atoms with Crippen LogP contribution in [0.3, 0.4) is 0 Å². The van der Waals surface area contributed by atoms with Crippen molar-refractivity contribution in [1.82, 2.24) is 24.1 Å². The van der Waals surface area contributed by atoms with Crippen LogP contribution in [0.4, 0.5) is 0 Å². The molecule has 4 aromatic heterocycles. The fraction of sp³-hybridized carbons (Fsp3) is 0. The Hall–Kier alpha value is -8.61. The maximum atomic E-state index is 6.35. The summed E-state index contributed by atoms with van der Waals surface area (Å²) in [6.07, 6.45) is 0. The molecule has 0 unspecified atom stereocenters. The fourth-order valence-corrected chi connectivity index (χ4v) is 9.50. The van der Waals surface area contributed by atoms with Gasteiger partial charge in [-0.1, -0.05) is 158 Å². The molecule has 13 rings (SSSR count). The van der Waals surface area contributed by atoms with Gasteiger partial charge in [-0.05, 0) is 76.9 Å². The third kappa shape index (κ3) is 5.62. The van der Waals surface area contributed by atoms with E-state index >= 15 is 0 Å². The van der Waals surface area contributed by atoms with E-state index in [4.69, 9.17) is 19.4 Å². The molecule has 0 bridgehead atoms. The Morgan fingerprint density at radius 2 is 0.857 bits per heavy atom. The Bertz CT molecular complexity index is 3850. The molecule has 0 saturated heterocycles. The maximum Gasteiger partial charge on any atom is 0.238 e. The van der Waals surface area contributed by atoms with Gasteiger partial charge < -0.3 is 8.98 Å². The quantitative estimate of drug-likeness (QED) is 0.168. The number of hydrogen-bond acceptors (Lipinski definition) is 4. The summed E-state index contributed by atoms with van der Waals surface area (Å²) in [5.74, 6) is 1.69. The predicted octanol–water partition coefficient (Wildman–Crippen LogP) is 14.6. The van der Waals surface area contributed by atoms with E-state index < -0.39 is 0 Å². The van der Waals surface area contributed by atoms with Crippen molar-refractivity contribution in [3.05, 3.63) is 212 Å². The molecule has 0 fully saturated rings. The van der Waals surface area contributed by atoms with E-state index in [0.717, 1.165) is 82.7 Å². The van der Waals surface area contributed by atoms with Gasteiger partial charge in [0.1, 0.15) is 11.2 Å². The zero-order chi connectivity index (χ0) is 41.4. The van der Waals surface area contributed by atoms with Gasteiger partial charge in [-0.2, -0.15) is 9.97 Å². The van der Waals surface area contributed by atoms with E-state index in [1.54, 1.807) is 0 Å². The van der Waals surface area contributed by atoms with Gasteiger partial charge >= 0.3 is 0 Å². The molecule has 0 N–H and O–H groups in total. The zero-order valence-corrected chi connectivity index (χ0v) is 33.9. The van der Waals surface area contributed by atoms with E-state index in [1.807, 2.05) is 54.6 Å². The third-order valence-electron chi connectivity index (χ3n) is 12.4. The molecule has 0 aliphatic carbocycles. The first-order valence-corrected chi connectivity index (χ1v) is 21.2. The molecule has 0 spiro atoms. The molecule has 0 radical (unpaired) electrons. The van der Waals surface area contributed by atoms with E-state index in [1.165, 1.54) is 21.9 Å². The molecular formula is C57H35N5O. The molecule has 0 saturated carbocycles. The standard InChI is InChI=1S/C57H35N5O/c1-4-16-36(17-5-1)40-32-41(37-18-6-2-7-19-37)34-42(33-40)61-48-25-13-10-22-43(48)46-30-31-50-53(54(46)61)47-24-11-14-26-49(47)62(50)57-59-55(38-20-8-3-9-21-38)58-56(60-57)39-28-29-45-44-23-12-15-27-51(44)63-52(45)35-39/h1-35H. The van der Waals surface area contributed by atoms with E-state index in [2.05, 4.69) is 167 Å². The molecule has 6 nitrogen and oxygen atoms in total. The number of benzene rings is 9. The van der Waals surface area contributed by atoms with Gasteiger partial charge in [0.25, 0.3) is 0 Å². The Morgan fingerprint density at radius 1 is 0.317 bits per heavy atom. The van der Waals surface area contributed by atoms with Crippen LogP contribution in [0.2, 0.25) is 0 Å². The first-order chi connectivity index (χ1) is 31.2. The topological polar surface area (TPSA) is 61.7 Å². The highest BCUT2D eigenvalue weighted by molar-refractivity contribution is 6.26. The van der Waals surface area contributed by atoms with Crippen molar-refractivity contribution >= 4 is 65.6 Å². The second-order valence-electron chi connectivity index (χ2n) is 16.0. The maximum absolute atomic E-state index is 6.35. The number of furan rings is 1. The molecule has 9 aromatic carbocycles. The fourth-order valence-electron chi connectivity index (χ4n) is 9.50. The van der Waals surface area contributed by atoms with Crippen LogP contribution in [0.1, 0.15) is 0 Å². The highest BCUT2D eigenvalue weighted by atomic mass is 16.3. The lowest BCUT2D eigenvalue weighted by Gasteiger charge is -2.15. The van der Waals surface area contributed by atoms with Gasteiger partial charge in [0.05, 0.1) is 22.1 Å². The van der Waals surface area contributed by atoms with Gasteiger partial charge in [0.15, 0.2) is 11.6 Å². The lowest BCUT2D eigenvalue weighted by molar-refractivity contribution is 0.669. The van der Waals surface area contributed by atoms with Crippen molar-refractivity contribution in [3.63, 3.8) is 0 Å². The average Bonchev–Trinajstić information content (AvgIpc) is 4.02. The highest BCUT2D eigenvalue weighted by Crippen LogP contribution is 2.43. The normalized spacial score (nSPS) is 11.8. The summed E-state index contributed by atoms with van der Waals surface area (Å²) in [4.78, 5) is 15.7. The van der Waals surface area contributed by atoms with Gasteiger partial charge in [0.2, 0.25) is 5.95 Å². The minimum absolute atomic E-state index is 0.536. The van der Waals surface area contributed by atoms with Gasteiger partial charge in [-0.3, -0.25) is 4.57 Å². The molecule has 13 aromatic rings.